The van der Waals surface area contributed by atoms with Crippen LogP contribution in [0.2, 0.25) is 0 Å². The van der Waals surface area contributed by atoms with Gasteiger partial charge in [0.05, 0.1) is 12.7 Å². The van der Waals surface area contributed by atoms with Crippen LogP contribution in [0.15, 0.2) is 48.5 Å². The number of amides is 1. The first-order valence-corrected chi connectivity index (χ1v) is 8.86. The maximum Gasteiger partial charge on any atom is 0.337 e. The van der Waals surface area contributed by atoms with Gasteiger partial charge in [-0.05, 0) is 48.7 Å². The molecule has 0 saturated carbocycles. The molecule has 1 amide bonds. The van der Waals surface area contributed by atoms with Gasteiger partial charge in [-0.2, -0.15) is 0 Å². The van der Waals surface area contributed by atoms with E-state index in [1.807, 2.05) is 0 Å². The van der Waals surface area contributed by atoms with Gasteiger partial charge in [0.15, 0.2) is 0 Å². The van der Waals surface area contributed by atoms with E-state index in [0.29, 0.717) is 17.7 Å². The lowest BCUT2D eigenvalue weighted by Crippen LogP contribution is -2.44. The van der Waals surface area contributed by atoms with E-state index in [2.05, 4.69) is 46.1 Å². The topological polar surface area (TPSA) is 58.6 Å². The van der Waals surface area contributed by atoms with Crippen molar-refractivity contribution in [2.75, 3.05) is 20.2 Å². The summed E-state index contributed by atoms with van der Waals surface area (Å²) in [6.07, 6.45) is 1.05. The lowest BCUT2D eigenvalue weighted by Gasteiger charge is -2.33. The molecule has 5 heteroatoms. The molecule has 2 aromatic rings. The molecule has 0 fully saturated rings. The van der Waals surface area contributed by atoms with E-state index in [9.17, 15) is 9.59 Å². The van der Waals surface area contributed by atoms with Gasteiger partial charge < -0.3 is 10.1 Å². The Morgan fingerprint density at radius 2 is 1.73 bits per heavy atom. The van der Waals surface area contributed by atoms with E-state index in [1.54, 1.807) is 24.3 Å². The van der Waals surface area contributed by atoms with Crippen LogP contribution in [-0.2, 0) is 17.7 Å². The third-order valence-electron chi connectivity index (χ3n) is 4.91. The molecule has 2 aromatic carbocycles. The summed E-state index contributed by atoms with van der Waals surface area (Å²) in [5, 5.41) is 2.99. The van der Waals surface area contributed by atoms with Crippen LogP contribution in [0.1, 0.15) is 38.8 Å². The first kappa shape index (κ1) is 18.1. The predicted octanol–water partition coefficient (Wildman–Crippen LogP) is 2.65. The maximum absolute atomic E-state index is 12.3. The number of hydrogen-bond donors (Lipinski definition) is 1. The summed E-state index contributed by atoms with van der Waals surface area (Å²) >= 11 is 0. The fourth-order valence-electron chi connectivity index (χ4n) is 3.24. The molecule has 1 unspecified atom stereocenters. The molecule has 0 radical (unpaired) electrons. The number of carbonyl (C=O) groups is 2. The van der Waals surface area contributed by atoms with Crippen LogP contribution >= 0.6 is 0 Å². The second-order valence-corrected chi connectivity index (χ2v) is 6.62. The number of nitrogens with one attached hydrogen (secondary N) is 1. The van der Waals surface area contributed by atoms with Crippen LogP contribution < -0.4 is 5.32 Å². The summed E-state index contributed by atoms with van der Waals surface area (Å²) < 4.78 is 4.66. The van der Waals surface area contributed by atoms with Crippen LogP contribution in [-0.4, -0.2) is 43.0 Å². The van der Waals surface area contributed by atoms with Gasteiger partial charge in [-0.25, -0.2) is 4.79 Å². The van der Waals surface area contributed by atoms with E-state index >= 15 is 0 Å². The average Bonchev–Trinajstić information content (AvgIpc) is 2.70. The van der Waals surface area contributed by atoms with Gasteiger partial charge >= 0.3 is 5.97 Å². The van der Waals surface area contributed by atoms with Gasteiger partial charge in [0.25, 0.3) is 5.91 Å². The van der Waals surface area contributed by atoms with E-state index in [0.717, 1.165) is 19.5 Å². The first-order valence-electron chi connectivity index (χ1n) is 8.86. The molecule has 1 N–H and O–H groups in total. The van der Waals surface area contributed by atoms with E-state index in [4.69, 9.17) is 0 Å². The zero-order chi connectivity index (χ0) is 18.5. The zero-order valence-corrected chi connectivity index (χ0v) is 15.2. The van der Waals surface area contributed by atoms with Crippen LogP contribution in [0, 0.1) is 0 Å². The maximum atomic E-state index is 12.3. The van der Waals surface area contributed by atoms with Crippen molar-refractivity contribution in [3.63, 3.8) is 0 Å². The van der Waals surface area contributed by atoms with Crippen molar-refractivity contribution in [2.24, 2.45) is 0 Å². The second-order valence-electron chi connectivity index (χ2n) is 6.62. The van der Waals surface area contributed by atoms with Gasteiger partial charge in [0.1, 0.15) is 0 Å². The third-order valence-corrected chi connectivity index (χ3v) is 4.91. The van der Waals surface area contributed by atoms with Crippen molar-refractivity contribution in [1.29, 1.82) is 0 Å². The highest BCUT2D eigenvalue weighted by Crippen LogP contribution is 2.20. The van der Waals surface area contributed by atoms with Gasteiger partial charge in [0, 0.05) is 31.2 Å². The van der Waals surface area contributed by atoms with Gasteiger partial charge in [-0.3, -0.25) is 9.69 Å². The van der Waals surface area contributed by atoms with E-state index in [1.165, 1.54) is 18.2 Å². The molecule has 1 aliphatic heterocycles. The molecule has 0 bridgehead atoms. The Balaban J connectivity index is 1.54. The SMILES string of the molecule is COC(=O)c1ccc(C(=O)NCC(C)N2CCc3ccccc3C2)cc1. The number of benzene rings is 2. The monoisotopic (exact) mass is 352 g/mol. The molecule has 3 rings (SSSR count). The summed E-state index contributed by atoms with van der Waals surface area (Å²) in [6, 6.07) is 15.3. The molecule has 5 nitrogen and oxygen atoms in total. The summed E-state index contributed by atoms with van der Waals surface area (Å²) in [6.45, 7) is 4.64. The highest BCUT2D eigenvalue weighted by molar-refractivity contribution is 5.96. The fourth-order valence-corrected chi connectivity index (χ4v) is 3.24. The Hall–Kier alpha value is -2.66. The minimum Gasteiger partial charge on any atom is -0.465 e. The van der Waals surface area contributed by atoms with Gasteiger partial charge in [-0.1, -0.05) is 24.3 Å². The predicted molar refractivity (Wildman–Crippen MR) is 100 cm³/mol. The molecule has 1 aliphatic rings. The highest BCUT2D eigenvalue weighted by atomic mass is 16.5. The molecule has 0 spiro atoms. The van der Waals surface area contributed by atoms with Gasteiger partial charge in [-0.15, -0.1) is 0 Å². The number of fused-ring (bicyclic) bond motifs is 1. The Morgan fingerprint density at radius 1 is 1.08 bits per heavy atom. The Morgan fingerprint density at radius 3 is 2.42 bits per heavy atom. The Bertz CT molecular complexity index is 786. The number of ether oxygens (including phenoxy) is 1. The lowest BCUT2D eigenvalue weighted by molar-refractivity contribution is 0.0600. The van der Waals surface area contributed by atoms with Crippen LogP contribution in [0.4, 0.5) is 0 Å². The van der Waals surface area contributed by atoms with Crippen molar-refractivity contribution >= 4 is 11.9 Å². The summed E-state index contributed by atoms with van der Waals surface area (Å²) in [5.41, 5.74) is 3.76. The molecule has 0 aliphatic carbocycles. The minimum absolute atomic E-state index is 0.134. The summed E-state index contributed by atoms with van der Waals surface area (Å²) in [5.74, 6) is -0.540. The fraction of sp³-hybridized carbons (Fsp3) is 0.333. The highest BCUT2D eigenvalue weighted by Gasteiger charge is 2.20. The normalized spacial score (nSPS) is 15.0. The molecule has 0 saturated heterocycles. The lowest BCUT2D eigenvalue weighted by atomic mass is 9.99. The minimum atomic E-state index is -0.407. The average molecular weight is 352 g/mol. The number of hydrogen-bond acceptors (Lipinski definition) is 4. The number of nitrogens with zero attached hydrogens (tertiary/aromatic N) is 1. The van der Waals surface area contributed by atoms with Crippen LogP contribution in [0.3, 0.4) is 0 Å². The van der Waals surface area contributed by atoms with E-state index < -0.39 is 5.97 Å². The Kier molecular flexibility index (Phi) is 5.68. The molecular weight excluding hydrogens is 328 g/mol. The molecule has 1 heterocycles. The standard InChI is InChI=1S/C21H24N2O3/c1-15(23-12-11-16-5-3-4-6-19(16)14-23)13-22-20(24)17-7-9-18(10-8-17)21(25)26-2/h3-10,15H,11-14H2,1-2H3,(H,22,24). The van der Waals surface area contributed by atoms with Gasteiger partial charge in [0.2, 0.25) is 0 Å². The molecule has 1 atom stereocenters. The van der Waals surface area contributed by atoms with Crippen LogP contribution in [0.25, 0.3) is 0 Å². The number of rotatable bonds is 5. The Labute approximate surface area is 154 Å². The number of methoxy groups -OCH3 is 1. The molecule has 0 aromatic heterocycles. The summed E-state index contributed by atoms with van der Waals surface area (Å²) in [4.78, 5) is 26.2. The number of esters is 1. The third kappa shape index (κ3) is 4.11. The largest absolute Gasteiger partial charge is 0.465 e. The van der Waals surface area contributed by atoms with Crippen molar-refractivity contribution in [3.8, 4) is 0 Å². The van der Waals surface area contributed by atoms with Crippen molar-refractivity contribution in [3.05, 3.63) is 70.8 Å². The number of carbonyl (C=O) groups excluding carboxylic acids is 2. The first-order chi connectivity index (χ1) is 12.6. The second kappa shape index (κ2) is 8.15. The molecular formula is C21H24N2O3. The summed E-state index contributed by atoms with van der Waals surface area (Å²) in [7, 11) is 1.34. The van der Waals surface area contributed by atoms with E-state index in [-0.39, 0.29) is 11.9 Å². The van der Waals surface area contributed by atoms with Crippen molar-refractivity contribution < 1.29 is 14.3 Å². The zero-order valence-electron chi connectivity index (χ0n) is 15.2. The smallest absolute Gasteiger partial charge is 0.337 e. The molecule has 26 heavy (non-hydrogen) atoms. The molecule has 136 valence electrons. The quantitative estimate of drug-likeness (QED) is 0.841. The van der Waals surface area contributed by atoms with Crippen molar-refractivity contribution in [2.45, 2.75) is 25.9 Å². The van der Waals surface area contributed by atoms with Crippen molar-refractivity contribution in [1.82, 2.24) is 10.2 Å². The van der Waals surface area contributed by atoms with Crippen LogP contribution in [0.5, 0.6) is 0 Å².